The predicted molar refractivity (Wildman–Crippen MR) is 52.9 cm³/mol. The molecule has 0 bridgehead atoms. The molecule has 1 heterocycles. The third-order valence-corrected chi connectivity index (χ3v) is 1.96. The Balaban J connectivity index is 2.60. The van der Waals surface area contributed by atoms with Gasteiger partial charge in [-0.25, -0.2) is 9.97 Å². The van der Waals surface area contributed by atoms with Gasteiger partial charge < -0.3 is 11.5 Å². The highest BCUT2D eigenvalue weighted by atomic mass is 14.9. The zero-order chi connectivity index (χ0) is 9.68. The summed E-state index contributed by atoms with van der Waals surface area (Å²) < 4.78 is 0. The van der Waals surface area contributed by atoms with E-state index in [2.05, 4.69) is 16.9 Å². The first kappa shape index (κ1) is 9.92. The summed E-state index contributed by atoms with van der Waals surface area (Å²) in [6, 6.07) is 1.73. The normalized spacial score (nSPS) is 12.8. The summed E-state index contributed by atoms with van der Waals surface area (Å²) in [5.74, 6) is 0.483. The number of anilines is 1. The fourth-order valence-corrected chi connectivity index (χ4v) is 1.16. The van der Waals surface area contributed by atoms with E-state index in [-0.39, 0.29) is 6.04 Å². The highest BCUT2D eigenvalue weighted by molar-refractivity contribution is 5.29. The van der Waals surface area contributed by atoms with E-state index in [4.69, 9.17) is 11.5 Å². The molecule has 1 rings (SSSR count). The van der Waals surface area contributed by atoms with Gasteiger partial charge in [0.15, 0.2) is 0 Å². The molecule has 0 aliphatic heterocycles. The van der Waals surface area contributed by atoms with E-state index < -0.39 is 0 Å². The molecular formula is C9H16N4. The fraction of sp³-hybridized carbons (Fsp3) is 0.556. The Kier molecular flexibility index (Phi) is 3.64. The van der Waals surface area contributed by atoms with Crippen LogP contribution in [0.3, 0.4) is 0 Å². The van der Waals surface area contributed by atoms with Gasteiger partial charge >= 0.3 is 0 Å². The van der Waals surface area contributed by atoms with Crippen molar-refractivity contribution in [2.45, 2.75) is 32.2 Å². The van der Waals surface area contributed by atoms with Crippen LogP contribution in [0.2, 0.25) is 0 Å². The number of aromatic nitrogens is 2. The monoisotopic (exact) mass is 180 g/mol. The number of rotatable bonds is 4. The summed E-state index contributed by atoms with van der Waals surface area (Å²) in [6.45, 7) is 2.14. The van der Waals surface area contributed by atoms with Crippen LogP contribution in [0.25, 0.3) is 0 Å². The molecule has 0 saturated carbocycles. The second kappa shape index (κ2) is 4.77. The minimum absolute atomic E-state index is 0.00903. The van der Waals surface area contributed by atoms with E-state index in [0.717, 1.165) is 25.0 Å². The molecule has 4 heteroatoms. The van der Waals surface area contributed by atoms with Gasteiger partial charge in [-0.1, -0.05) is 19.8 Å². The van der Waals surface area contributed by atoms with Crippen LogP contribution in [0.4, 0.5) is 5.82 Å². The van der Waals surface area contributed by atoms with Crippen LogP contribution in [-0.4, -0.2) is 9.97 Å². The molecule has 0 saturated heterocycles. The molecule has 1 aromatic heterocycles. The lowest BCUT2D eigenvalue weighted by atomic mass is 10.1. The summed E-state index contributed by atoms with van der Waals surface area (Å²) in [7, 11) is 0. The van der Waals surface area contributed by atoms with Gasteiger partial charge in [-0.15, -0.1) is 0 Å². The average Bonchev–Trinajstić information content (AvgIpc) is 2.14. The topological polar surface area (TPSA) is 77.8 Å². The molecule has 0 radical (unpaired) electrons. The van der Waals surface area contributed by atoms with Crippen LogP contribution in [0.5, 0.6) is 0 Å². The third-order valence-electron chi connectivity index (χ3n) is 1.96. The van der Waals surface area contributed by atoms with Crippen molar-refractivity contribution in [3.05, 3.63) is 18.1 Å². The smallest absolute Gasteiger partial charge is 0.127 e. The second-order valence-electron chi connectivity index (χ2n) is 3.12. The van der Waals surface area contributed by atoms with Crippen molar-refractivity contribution in [1.29, 1.82) is 0 Å². The van der Waals surface area contributed by atoms with Crippen LogP contribution in [0.15, 0.2) is 12.4 Å². The second-order valence-corrected chi connectivity index (χ2v) is 3.12. The van der Waals surface area contributed by atoms with Gasteiger partial charge in [0.05, 0.1) is 5.69 Å². The first-order chi connectivity index (χ1) is 6.24. The van der Waals surface area contributed by atoms with Crippen molar-refractivity contribution in [2.75, 3.05) is 5.73 Å². The van der Waals surface area contributed by atoms with Crippen LogP contribution in [-0.2, 0) is 0 Å². The lowest BCUT2D eigenvalue weighted by Crippen LogP contribution is -2.12. The Morgan fingerprint density at radius 1 is 1.46 bits per heavy atom. The Morgan fingerprint density at radius 3 is 2.85 bits per heavy atom. The Bertz CT molecular complexity index is 262. The molecule has 0 spiro atoms. The first-order valence-corrected chi connectivity index (χ1v) is 4.57. The first-order valence-electron chi connectivity index (χ1n) is 4.57. The zero-order valence-corrected chi connectivity index (χ0v) is 7.90. The summed E-state index contributed by atoms with van der Waals surface area (Å²) in [6.07, 6.45) is 4.67. The lowest BCUT2D eigenvalue weighted by molar-refractivity contribution is 0.589. The van der Waals surface area contributed by atoms with Gasteiger partial charge in [0.2, 0.25) is 0 Å². The highest BCUT2D eigenvalue weighted by Crippen LogP contribution is 2.14. The molecule has 1 aromatic rings. The van der Waals surface area contributed by atoms with Gasteiger partial charge in [0.1, 0.15) is 12.1 Å². The summed E-state index contributed by atoms with van der Waals surface area (Å²) in [4.78, 5) is 7.89. The molecule has 0 aliphatic carbocycles. The molecule has 0 fully saturated rings. The van der Waals surface area contributed by atoms with E-state index in [9.17, 15) is 0 Å². The molecule has 1 unspecified atom stereocenters. The minimum atomic E-state index is -0.00903. The van der Waals surface area contributed by atoms with E-state index in [1.54, 1.807) is 6.07 Å². The van der Waals surface area contributed by atoms with Gasteiger partial charge in [-0.3, -0.25) is 0 Å². The molecule has 1 atom stereocenters. The van der Waals surface area contributed by atoms with Crippen molar-refractivity contribution >= 4 is 5.82 Å². The van der Waals surface area contributed by atoms with Crippen LogP contribution < -0.4 is 11.5 Å². The molecular weight excluding hydrogens is 164 g/mol. The van der Waals surface area contributed by atoms with Crippen molar-refractivity contribution in [2.24, 2.45) is 5.73 Å². The third kappa shape index (κ3) is 2.99. The molecule has 0 amide bonds. The van der Waals surface area contributed by atoms with Gasteiger partial charge in [0, 0.05) is 12.1 Å². The van der Waals surface area contributed by atoms with Crippen molar-refractivity contribution in [3.63, 3.8) is 0 Å². The van der Waals surface area contributed by atoms with E-state index in [1.165, 1.54) is 6.33 Å². The average molecular weight is 180 g/mol. The van der Waals surface area contributed by atoms with Crippen molar-refractivity contribution in [3.8, 4) is 0 Å². The Labute approximate surface area is 78.4 Å². The van der Waals surface area contributed by atoms with Gasteiger partial charge in [0.25, 0.3) is 0 Å². The summed E-state index contributed by atoms with van der Waals surface area (Å²) in [5.41, 5.74) is 12.3. The molecule has 72 valence electrons. The van der Waals surface area contributed by atoms with E-state index >= 15 is 0 Å². The number of hydrogen-bond donors (Lipinski definition) is 2. The quantitative estimate of drug-likeness (QED) is 0.731. The maximum absolute atomic E-state index is 5.90. The minimum Gasteiger partial charge on any atom is -0.384 e. The predicted octanol–water partition coefficient (Wildman–Crippen LogP) is 1.25. The Hall–Kier alpha value is -1.16. The Morgan fingerprint density at radius 2 is 2.23 bits per heavy atom. The largest absolute Gasteiger partial charge is 0.384 e. The number of hydrogen-bond acceptors (Lipinski definition) is 4. The lowest BCUT2D eigenvalue weighted by Gasteiger charge is -2.09. The number of nitrogen functional groups attached to an aromatic ring is 1. The summed E-state index contributed by atoms with van der Waals surface area (Å²) >= 11 is 0. The standard InChI is InChI=1S/C9H16N4/c1-2-3-4-7(10)8-5-9(11)13-6-12-8/h5-7H,2-4,10H2,1H3,(H2,11,12,13). The van der Waals surface area contributed by atoms with Crippen LogP contribution >= 0.6 is 0 Å². The molecule has 4 nitrogen and oxygen atoms in total. The number of unbranched alkanes of at least 4 members (excludes halogenated alkanes) is 1. The number of nitrogens with two attached hydrogens (primary N) is 2. The van der Waals surface area contributed by atoms with Crippen molar-refractivity contribution in [1.82, 2.24) is 9.97 Å². The summed E-state index contributed by atoms with van der Waals surface area (Å²) in [5, 5.41) is 0. The van der Waals surface area contributed by atoms with Crippen LogP contribution in [0, 0.1) is 0 Å². The maximum atomic E-state index is 5.90. The van der Waals surface area contributed by atoms with E-state index in [0.29, 0.717) is 5.82 Å². The fourth-order valence-electron chi connectivity index (χ4n) is 1.16. The van der Waals surface area contributed by atoms with Gasteiger partial charge in [-0.2, -0.15) is 0 Å². The number of nitrogens with zero attached hydrogens (tertiary/aromatic N) is 2. The molecule has 0 aliphatic rings. The SMILES string of the molecule is CCCCC(N)c1cc(N)ncn1. The molecule has 13 heavy (non-hydrogen) atoms. The van der Waals surface area contributed by atoms with Gasteiger partial charge in [-0.05, 0) is 6.42 Å². The van der Waals surface area contributed by atoms with Crippen LogP contribution in [0.1, 0.15) is 37.9 Å². The molecule has 4 N–H and O–H groups in total. The van der Waals surface area contributed by atoms with Crippen molar-refractivity contribution < 1.29 is 0 Å². The zero-order valence-electron chi connectivity index (χ0n) is 7.90. The molecule has 0 aromatic carbocycles. The van der Waals surface area contributed by atoms with E-state index in [1.807, 2.05) is 0 Å². The highest BCUT2D eigenvalue weighted by Gasteiger charge is 2.06. The maximum Gasteiger partial charge on any atom is 0.127 e.